The molecule has 3 nitrogen and oxygen atoms in total. The lowest BCUT2D eigenvalue weighted by molar-refractivity contribution is 0.478. The summed E-state index contributed by atoms with van der Waals surface area (Å²) in [6.07, 6.45) is 0.399. The van der Waals surface area contributed by atoms with Crippen LogP contribution < -0.4 is 4.74 Å². The first-order valence-electron chi connectivity index (χ1n) is 5.87. The van der Waals surface area contributed by atoms with Crippen molar-refractivity contribution in [2.45, 2.75) is 13.3 Å². The van der Waals surface area contributed by atoms with Crippen LogP contribution >= 0.6 is 0 Å². The Labute approximate surface area is 112 Å². The molecule has 0 fully saturated rings. The van der Waals surface area contributed by atoms with Crippen LogP contribution in [0, 0.1) is 29.6 Å². The summed E-state index contributed by atoms with van der Waals surface area (Å²) >= 11 is 0. The molecule has 2 rings (SSSR count). The number of benzene rings is 2. The second kappa shape index (κ2) is 5.71. The molecule has 2 aromatic carbocycles. The lowest BCUT2D eigenvalue weighted by Crippen LogP contribution is -1.89. The molecule has 19 heavy (non-hydrogen) atoms. The van der Waals surface area contributed by atoms with Crippen LogP contribution in [0.15, 0.2) is 42.5 Å². The van der Waals surface area contributed by atoms with Gasteiger partial charge in [-0.2, -0.15) is 10.5 Å². The van der Waals surface area contributed by atoms with Crippen LogP contribution in [0.3, 0.4) is 0 Å². The maximum atomic E-state index is 8.81. The van der Waals surface area contributed by atoms with Crippen molar-refractivity contribution in [3.05, 3.63) is 59.2 Å². The van der Waals surface area contributed by atoms with Gasteiger partial charge in [0.15, 0.2) is 0 Å². The third-order valence-corrected chi connectivity index (χ3v) is 2.74. The van der Waals surface area contributed by atoms with Crippen LogP contribution in [0.5, 0.6) is 11.5 Å². The zero-order valence-electron chi connectivity index (χ0n) is 10.6. The van der Waals surface area contributed by atoms with E-state index in [1.165, 1.54) is 0 Å². The standard InChI is InChI=1S/C16H12N2O/c1-12-10-14(11-18)4-7-16(12)19-15-5-2-13(3-6-15)8-9-17/h2-7,10H,8H2,1H3. The van der Waals surface area contributed by atoms with E-state index in [1.54, 1.807) is 18.2 Å². The minimum atomic E-state index is 0.399. The summed E-state index contributed by atoms with van der Waals surface area (Å²) in [7, 11) is 0. The smallest absolute Gasteiger partial charge is 0.130 e. The lowest BCUT2D eigenvalue weighted by Gasteiger charge is -2.09. The van der Waals surface area contributed by atoms with E-state index in [4.69, 9.17) is 15.3 Å². The Kier molecular flexibility index (Phi) is 3.81. The molecule has 0 unspecified atom stereocenters. The van der Waals surface area contributed by atoms with Crippen molar-refractivity contribution in [3.63, 3.8) is 0 Å². The minimum absolute atomic E-state index is 0.399. The van der Waals surface area contributed by atoms with Crippen LogP contribution in [0.4, 0.5) is 0 Å². The van der Waals surface area contributed by atoms with Crippen molar-refractivity contribution >= 4 is 0 Å². The van der Waals surface area contributed by atoms with Crippen molar-refractivity contribution in [3.8, 4) is 23.6 Å². The number of nitrogens with zero attached hydrogens (tertiary/aromatic N) is 2. The van der Waals surface area contributed by atoms with Gasteiger partial charge < -0.3 is 4.74 Å². The molecule has 0 saturated heterocycles. The van der Waals surface area contributed by atoms with E-state index in [1.807, 2.05) is 31.2 Å². The monoisotopic (exact) mass is 248 g/mol. The lowest BCUT2D eigenvalue weighted by atomic mass is 10.1. The molecule has 0 aliphatic heterocycles. The molecule has 0 N–H and O–H groups in total. The summed E-state index contributed by atoms with van der Waals surface area (Å²) in [5, 5.41) is 17.4. The number of nitriles is 2. The Morgan fingerprint density at radius 2 is 1.79 bits per heavy atom. The zero-order valence-corrected chi connectivity index (χ0v) is 10.6. The molecule has 0 spiro atoms. The van der Waals surface area contributed by atoms with E-state index in [9.17, 15) is 0 Å². The summed E-state index contributed by atoms with van der Waals surface area (Å²) in [6, 6.07) is 16.9. The van der Waals surface area contributed by atoms with Crippen LogP contribution in [0.25, 0.3) is 0 Å². The van der Waals surface area contributed by atoms with E-state index < -0.39 is 0 Å². The predicted molar refractivity (Wildman–Crippen MR) is 71.7 cm³/mol. The Bertz CT molecular complexity index is 661. The van der Waals surface area contributed by atoms with Gasteiger partial charge in [0.2, 0.25) is 0 Å². The van der Waals surface area contributed by atoms with Gasteiger partial charge in [-0.25, -0.2) is 0 Å². The van der Waals surface area contributed by atoms with Crippen molar-refractivity contribution in [2.24, 2.45) is 0 Å². The first-order chi connectivity index (χ1) is 9.22. The van der Waals surface area contributed by atoms with Crippen molar-refractivity contribution in [1.82, 2.24) is 0 Å². The minimum Gasteiger partial charge on any atom is -0.457 e. The van der Waals surface area contributed by atoms with E-state index in [-0.39, 0.29) is 0 Å². The normalized spacial score (nSPS) is 9.42. The quantitative estimate of drug-likeness (QED) is 0.831. The largest absolute Gasteiger partial charge is 0.457 e. The van der Waals surface area contributed by atoms with E-state index in [0.717, 1.165) is 22.6 Å². The van der Waals surface area contributed by atoms with Gasteiger partial charge >= 0.3 is 0 Å². The van der Waals surface area contributed by atoms with Crippen LogP contribution in [-0.2, 0) is 6.42 Å². The molecule has 2 aromatic rings. The third-order valence-electron chi connectivity index (χ3n) is 2.74. The maximum Gasteiger partial charge on any atom is 0.130 e. The zero-order chi connectivity index (χ0) is 13.7. The third kappa shape index (κ3) is 3.12. The average molecular weight is 248 g/mol. The molecule has 0 bridgehead atoms. The first-order valence-corrected chi connectivity index (χ1v) is 5.87. The highest BCUT2D eigenvalue weighted by atomic mass is 16.5. The molecule has 92 valence electrons. The molecule has 0 radical (unpaired) electrons. The molecule has 0 aromatic heterocycles. The molecule has 0 aliphatic carbocycles. The highest BCUT2D eigenvalue weighted by Gasteiger charge is 2.03. The van der Waals surface area contributed by atoms with Crippen LogP contribution in [0.1, 0.15) is 16.7 Å². The van der Waals surface area contributed by atoms with Gasteiger partial charge in [-0.1, -0.05) is 12.1 Å². The SMILES string of the molecule is Cc1cc(C#N)ccc1Oc1ccc(CC#N)cc1. The van der Waals surface area contributed by atoms with E-state index in [2.05, 4.69) is 12.1 Å². The second-order valence-electron chi connectivity index (χ2n) is 4.17. The van der Waals surface area contributed by atoms with Crippen LogP contribution in [-0.4, -0.2) is 0 Å². The summed E-state index contributed by atoms with van der Waals surface area (Å²) in [5.41, 5.74) is 2.50. The number of rotatable bonds is 3. The summed E-state index contributed by atoms with van der Waals surface area (Å²) < 4.78 is 5.75. The Morgan fingerprint density at radius 1 is 1.05 bits per heavy atom. The fourth-order valence-corrected chi connectivity index (χ4v) is 1.73. The van der Waals surface area contributed by atoms with Crippen LogP contribution in [0.2, 0.25) is 0 Å². The molecule has 0 heterocycles. The number of aryl methyl sites for hydroxylation is 1. The van der Waals surface area contributed by atoms with Gasteiger partial charge in [-0.3, -0.25) is 0 Å². The molecule has 3 heteroatoms. The topological polar surface area (TPSA) is 56.8 Å². The Balaban J connectivity index is 2.17. The molecule has 0 amide bonds. The van der Waals surface area contributed by atoms with Gasteiger partial charge in [0.25, 0.3) is 0 Å². The van der Waals surface area contributed by atoms with E-state index in [0.29, 0.717) is 12.0 Å². The molecular formula is C16H12N2O. The molecular weight excluding hydrogens is 236 g/mol. The fourth-order valence-electron chi connectivity index (χ4n) is 1.73. The highest BCUT2D eigenvalue weighted by molar-refractivity contribution is 5.43. The molecule has 0 atom stereocenters. The molecule has 0 saturated carbocycles. The van der Waals surface area contributed by atoms with Crippen molar-refractivity contribution in [1.29, 1.82) is 10.5 Å². The Morgan fingerprint density at radius 3 is 2.37 bits per heavy atom. The first kappa shape index (κ1) is 12.7. The number of hydrogen-bond acceptors (Lipinski definition) is 3. The van der Waals surface area contributed by atoms with E-state index >= 15 is 0 Å². The molecule has 0 aliphatic rings. The average Bonchev–Trinajstić information content (AvgIpc) is 2.43. The van der Waals surface area contributed by atoms with Crippen molar-refractivity contribution in [2.75, 3.05) is 0 Å². The summed E-state index contributed by atoms with van der Waals surface area (Å²) in [4.78, 5) is 0. The van der Waals surface area contributed by atoms with Gasteiger partial charge in [-0.05, 0) is 48.4 Å². The number of ether oxygens (including phenoxy) is 1. The Hall–Kier alpha value is -2.78. The van der Waals surface area contributed by atoms with Gasteiger partial charge in [0, 0.05) is 0 Å². The number of hydrogen-bond donors (Lipinski definition) is 0. The van der Waals surface area contributed by atoms with Gasteiger partial charge in [-0.15, -0.1) is 0 Å². The van der Waals surface area contributed by atoms with Gasteiger partial charge in [0.1, 0.15) is 11.5 Å². The van der Waals surface area contributed by atoms with Gasteiger partial charge in [0.05, 0.1) is 24.1 Å². The maximum absolute atomic E-state index is 8.81. The summed E-state index contributed by atoms with van der Waals surface area (Å²) in [6.45, 7) is 1.90. The fraction of sp³-hybridized carbons (Fsp3) is 0.125. The predicted octanol–water partition coefficient (Wildman–Crippen LogP) is 3.73. The van der Waals surface area contributed by atoms with Crippen molar-refractivity contribution < 1.29 is 4.74 Å². The highest BCUT2D eigenvalue weighted by Crippen LogP contribution is 2.25. The second-order valence-corrected chi connectivity index (χ2v) is 4.17. The summed E-state index contributed by atoms with van der Waals surface area (Å²) in [5.74, 6) is 1.45.